The monoisotopic (exact) mass is 377 g/mol. The van der Waals surface area contributed by atoms with Gasteiger partial charge in [0.1, 0.15) is 22.9 Å². The quantitative estimate of drug-likeness (QED) is 0.501. The van der Waals surface area contributed by atoms with E-state index in [0.717, 1.165) is 16.9 Å². The van der Waals surface area contributed by atoms with Gasteiger partial charge < -0.3 is 15.0 Å². The van der Waals surface area contributed by atoms with Crippen LogP contribution in [0.5, 0.6) is 0 Å². The number of nitrogens with two attached hydrogens (primary N) is 1. The van der Waals surface area contributed by atoms with Gasteiger partial charge in [-0.1, -0.05) is 35.1 Å². The van der Waals surface area contributed by atoms with Crippen LogP contribution in [0.25, 0.3) is 11.3 Å². The van der Waals surface area contributed by atoms with Crippen LogP contribution >= 0.6 is 22.9 Å². The van der Waals surface area contributed by atoms with Crippen molar-refractivity contribution < 1.29 is 14.0 Å². The first-order chi connectivity index (χ1) is 12.1. The molecule has 0 bridgehead atoms. The van der Waals surface area contributed by atoms with Gasteiger partial charge in [-0.25, -0.2) is 4.79 Å². The summed E-state index contributed by atoms with van der Waals surface area (Å²) in [7, 11) is 0. The van der Waals surface area contributed by atoms with Crippen molar-refractivity contribution in [3.63, 3.8) is 0 Å². The highest BCUT2D eigenvalue weighted by Gasteiger charge is 2.09. The second kappa shape index (κ2) is 7.77. The van der Waals surface area contributed by atoms with Gasteiger partial charge in [-0.3, -0.25) is 0 Å². The summed E-state index contributed by atoms with van der Waals surface area (Å²) in [6.07, 6.45) is 1.33. The van der Waals surface area contributed by atoms with Crippen LogP contribution in [0, 0.1) is 0 Å². The molecule has 128 valence electrons. The molecule has 0 saturated heterocycles. The lowest BCUT2D eigenvalue weighted by Crippen LogP contribution is -2.16. The first kappa shape index (κ1) is 16.9. The van der Waals surface area contributed by atoms with Gasteiger partial charge in [0.25, 0.3) is 0 Å². The van der Waals surface area contributed by atoms with Crippen LogP contribution < -0.4 is 11.3 Å². The molecule has 0 saturated carbocycles. The first-order valence-corrected chi connectivity index (χ1v) is 8.21. The highest BCUT2D eigenvalue weighted by atomic mass is 35.5. The average molecular weight is 378 g/mol. The molecule has 0 radical (unpaired) electrons. The number of carbonyl (C=O) groups excluding carboxylic acids is 1. The second-order valence-corrected chi connectivity index (χ2v) is 6.28. The highest BCUT2D eigenvalue weighted by molar-refractivity contribution is 7.15. The third-order valence-electron chi connectivity index (χ3n) is 2.92. The fourth-order valence-electron chi connectivity index (χ4n) is 1.88. The predicted octanol–water partition coefficient (Wildman–Crippen LogP) is 2.66. The number of anilines is 1. The van der Waals surface area contributed by atoms with Gasteiger partial charge in [-0.15, -0.1) is 20.9 Å². The zero-order valence-electron chi connectivity index (χ0n) is 12.7. The maximum Gasteiger partial charge on any atom is 0.341 e. The molecule has 3 rings (SSSR count). The van der Waals surface area contributed by atoms with Crippen molar-refractivity contribution in [2.75, 3.05) is 5.73 Å². The number of nitrogens with zero attached hydrogens (tertiary/aromatic N) is 3. The molecule has 3 aromatic rings. The van der Waals surface area contributed by atoms with Crippen molar-refractivity contribution in [3.05, 3.63) is 52.2 Å². The number of hydrogen-bond acceptors (Lipinski definition) is 9. The predicted molar refractivity (Wildman–Crippen MR) is 94.0 cm³/mol. The number of carbonyl (C=O) groups is 1. The zero-order valence-corrected chi connectivity index (χ0v) is 14.3. The third-order valence-corrected chi connectivity index (χ3v) is 3.91. The fraction of sp³-hybridized carbons (Fsp3) is 0.0667. The average Bonchev–Trinajstić information content (AvgIpc) is 3.21. The van der Waals surface area contributed by atoms with E-state index in [1.54, 1.807) is 24.3 Å². The normalized spacial score (nSPS) is 10.9. The third kappa shape index (κ3) is 4.78. The molecule has 0 atom stereocenters. The van der Waals surface area contributed by atoms with E-state index in [4.69, 9.17) is 26.6 Å². The lowest BCUT2D eigenvalue weighted by Gasteiger charge is -1.99. The summed E-state index contributed by atoms with van der Waals surface area (Å²) < 4.78 is 5.61. The Bertz CT molecular complexity index is 908. The van der Waals surface area contributed by atoms with Crippen LogP contribution in [0.2, 0.25) is 5.02 Å². The molecule has 0 spiro atoms. The van der Waals surface area contributed by atoms with Crippen LogP contribution in [0.1, 0.15) is 10.8 Å². The van der Waals surface area contributed by atoms with E-state index in [1.165, 1.54) is 6.21 Å². The molecule has 2 heterocycles. The molecule has 0 aliphatic rings. The molecule has 2 aromatic heterocycles. The summed E-state index contributed by atoms with van der Waals surface area (Å²) in [5.41, 5.74) is 8.46. The van der Waals surface area contributed by atoms with Gasteiger partial charge in [0, 0.05) is 10.6 Å². The summed E-state index contributed by atoms with van der Waals surface area (Å²) in [6, 6.07) is 10.8. The number of nitrogen functional groups attached to an aromatic ring is 1. The maximum absolute atomic E-state index is 11.6. The number of furan rings is 1. The Morgan fingerprint density at radius 2 is 2.28 bits per heavy atom. The summed E-state index contributed by atoms with van der Waals surface area (Å²) in [4.78, 5) is 16.3. The molecule has 1 aromatic carbocycles. The number of hydrogen-bond donors (Lipinski definition) is 2. The van der Waals surface area contributed by atoms with Gasteiger partial charge in [-0.05, 0) is 24.3 Å². The molecule has 8 nitrogen and oxygen atoms in total. The van der Waals surface area contributed by atoms with Gasteiger partial charge in [0.05, 0.1) is 6.21 Å². The number of benzene rings is 1. The van der Waals surface area contributed by atoms with Gasteiger partial charge in [0.2, 0.25) is 5.13 Å². The molecule has 0 fully saturated rings. The Morgan fingerprint density at radius 3 is 3.04 bits per heavy atom. The van der Waals surface area contributed by atoms with E-state index in [0.29, 0.717) is 26.7 Å². The van der Waals surface area contributed by atoms with Crippen molar-refractivity contribution in [1.82, 2.24) is 15.8 Å². The number of nitrogens with one attached hydrogen (secondary N) is 1. The molecule has 0 amide bonds. The molecule has 3 N–H and O–H groups in total. The van der Waals surface area contributed by atoms with Crippen LogP contribution in [0.4, 0.5) is 5.13 Å². The summed E-state index contributed by atoms with van der Waals surface area (Å²) in [5.74, 6) is 0.567. The molecule has 10 heteroatoms. The largest absolute Gasteiger partial charge is 0.455 e. The van der Waals surface area contributed by atoms with Crippen LogP contribution in [0.3, 0.4) is 0 Å². The number of aromatic nitrogens is 2. The standard InChI is InChI=1S/C15H12ClN5O3S/c16-10-3-1-2-9(6-10)12-5-4-11(23-12)8-18-21-24-14(22)7-13-19-20-15(17)25-13/h1-6,8,21H,7H2,(H2,17,20)/b18-8+. The Labute approximate surface area is 151 Å². The van der Waals surface area contributed by atoms with Crippen LogP contribution in [0.15, 0.2) is 45.9 Å². The lowest BCUT2D eigenvalue weighted by molar-refractivity contribution is -0.150. The van der Waals surface area contributed by atoms with Crippen LogP contribution in [-0.2, 0) is 16.1 Å². The molecular weight excluding hydrogens is 366 g/mol. The minimum Gasteiger partial charge on any atom is -0.455 e. The first-order valence-electron chi connectivity index (χ1n) is 7.01. The fourth-order valence-corrected chi connectivity index (χ4v) is 2.67. The Morgan fingerprint density at radius 1 is 1.40 bits per heavy atom. The number of halogens is 1. The van der Waals surface area contributed by atoms with E-state index in [2.05, 4.69) is 20.9 Å². The van der Waals surface area contributed by atoms with Gasteiger partial charge in [0.15, 0.2) is 0 Å². The number of rotatable bonds is 6. The van der Waals surface area contributed by atoms with E-state index >= 15 is 0 Å². The van der Waals surface area contributed by atoms with E-state index in [9.17, 15) is 4.79 Å². The summed E-state index contributed by atoms with van der Waals surface area (Å²) >= 11 is 7.07. The highest BCUT2D eigenvalue weighted by Crippen LogP contribution is 2.24. The second-order valence-electron chi connectivity index (χ2n) is 4.75. The molecule has 0 aliphatic heterocycles. The van der Waals surface area contributed by atoms with Crippen molar-refractivity contribution in [3.8, 4) is 11.3 Å². The Hall–Kier alpha value is -2.91. The Balaban J connectivity index is 1.50. The molecule has 25 heavy (non-hydrogen) atoms. The molecule has 0 unspecified atom stereocenters. The number of hydrazone groups is 1. The zero-order chi connectivity index (χ0) is 17.6. The van der Waals surface area contributed by atoms with Gasteiger partial charge >= 0.3 is 5.97 Å². The maximum atomic E-state index is 11.6. The molecule has 0 aliphatic carbocycles. The van der Waals surface area contributed by atoms with Crippen molar-refractivity contribution >= 4 is 40.3 Å². The van der Waals surface area contributed by atoms with E-state index in [-0.39, 0.29) is 6.42 Å². The van der Waals surface area contributed by atoms with Crippen molar-refractivity contribution in [2.24, 2.45) is 5.10 Å². The lowest BCUT2D eigenvalue weighted by atomic mass is 10.2. The van der Waals surface area contributed by atoms with Crippen molar-refractivity contribution in [1.29, 1.82) is 0 Å². The topological polar surface area (TPSA) is 116 Å². The minimum absolute atomic E-state index is 0.0446. The van der Waals surface area contributed by atoms with E-state index < -0.39 is 5.97 Å². The molecular formula is C15H12ClN5O3S. The minimum atomic E-state index is -0.563. The SMILES string of the molecule is Nc1nnc(CC(=O)ON/N=C/c2ccc(-c3cccc(Cl)c3)o2)s1. The van der Waals surface area contributed by atoms with E-state index in [1.807, 2.05) is 12.1 Å². The van der Waals surface area contributed by atoms with Crippen molar-refractivity contribution in [2.45, 2.75) is 6.42 Å². The van der Waals surface area contributed by atoms with Gasteiger partial charge in [-0.2, -0.15) is 0 Å². The summed E-state index contributed by atoms with van der Waals surface area (Å²) in [6.45, 7) is 0. The summed E-state index contributed by atoms with van der Waals surface area (Å²) in [5, 5.41) is 12.5. The smallest absolute Gasteiger partial charge is 0.341 e. The van der Waals surface area contributed by atoms with Crippen LogP contribution in [-0.4, -0.2) is 22.4 Å². The Kier molecular flexibility index (Phi) is 5.26.